The van der Waals surface area contributed by atoms with E-state index in [1.807, 2.05) is 35.2 Å². The Labute approximate surface area is 196 Å². The molecule has 0 spiro atoms. The number of rotatable bonds is 7. The monoisotopic (exact) mass is 464 g/mol. The first-order chi connectivity index (χ1) is 16.1. The van der Waals surface area contributed by atoms with Crippen LogP contribution in [0.5, 0.6) is 5.75 Å². The molecule has 33 heavy (non-hydrogen) atoms. The normalized spacial score (nSPS) is 17.4. The number of para-hydroxylation sites is 1. The van der Waals surface area contributed by atoms with Gasteiger partial charge in [0.05, 0.1) is 6.04 Å². The molecule has 3 aromatic rings. The van der Waals surface area contributed by atoms with Gasteiger partial charge in [0.25, 0.3) is 5.91 Å². The van der Waals surface area contributed by atoms with Crippen molar-refractivity contribution < 1.29 is 18.7 Å². The summed E-state index contributed by atoms with van der Waals surface area (Å²) in [5.41, 5.74) is 1.39. The predicted molar refractivity (Wildman–Crippen MR) is 125 cm³/mol. The highest BCUT2D eigenvalue weighted by atomic mass is 32.1. The SMILES string of the molecule is O=C(c1cccc(F)c1)N(CC(=O)N1CCc2sccc2[C@H]1COc1ccccc1)C1CC1. The van der Waals surface area contributed by atoms with Crippen LogP contribution in [-0.4, -0.2) is 47.4 Å². The summed E-state index contributed by atoms with van der Waals surface area (Å²) in [5, 5.41) is 2.05. The zero-order chi connectivity index (χ0) is 22.8. The summed E-state index contributed by atoms with van der Waals surface area (Å²) < 4.78 is 19.7. The summed E-state index contributed by atoms with van der Waals surface area (Å²) in [5.74, 6) is -0.101. The van der Waals surface area contributed by atoms with Crippen LogP contribution in [0.15, 0.2) is 66.0 Å². The molecule has 0 unspecified atom stereocenters. The van der Waals surface area contributed by atoms with Gasteiger partial charge in [0.1, 0.15) is 24.7 Å². The molecule has 1 aromatic heterocycles. The van der Waals surface area contributed by atoms with E-state index in [-0.39, 0.29) is 36.0 Å². The van der Waals surface area contributed by atoms with Crippen molar-refractivity contribution in [2.75, 3.05) is 19.7 Å². The third-order valence-corrected chi connectivity index (χ3v) is 7.19. The molecule has 0 bridgehead atoms. The maximum Gasteiger partial charge on any atom is 0.254 e. The van der Waals surface area contributed by atoms with E-state index < -0.39 is 5.82 Å². The van der Waals surface area contributed by atoms with Gasteiger partial charge < -0.3 is 14.5 Å². The van der Waals surface area contributed by atoms with E-state index >= 15 is 0 Å². The van der Waals surface area contributed by atoms with Crippen molar-refractivity contribution in [2.45, 2.75) is 31.3 Å². The Kier molecular flexibility index (Phi) is 6.13. The van der Waals surface area contributed by atoms with Crippen LogP contribution >= 0.6 is 11.3 Å². The highest BCUT2D eigenvalue weighted by Crippen LogP contribution is 2.35. The lowest BCUT2D eigenvalue weighted by Gasteiger charge is -2.37. The highest BCUT2D eigenvalue weighted by Gasteiger charge is 2.38. The number of ether oxygens (including phenoxy) is 1. The summed E-state index contributed by atoms with van der Waals surface area (Å²) in [4.78, 5) is 31.3. The molecule has 2 aliphatic rings. The van der Waals surface area contributed by atoms with Gasteiger partial charge in [-0.2, -0.15) is 0 Å². The Morgan fingerprint density at radius 1 is 1.09 bits per heavy atom. The standard InChI is InChI=1S/C26H25FN2O3S/c27-19-6-4-5-18(15-19)26(31)29(20-9-10-20)16-25(30)28-13-11-24-22(12-14-33-24)23(28)17-32-21-7-2-1-3-8-21/h1-8,12,14-15,20,23H,9-11,13,16-17H2/t23-/m1/s1. The van der Waals surface area contributed by atoms with Gasteiger partial charge in [0, 0.05) is 23.0 Å². The molecule has 2 heterocycles. The number of nitrogens with zero attached hydrogens (tertiary/aromatic N) is 2. The molecular weight excluding hydrogens is 439 g/mol. The molecule has 5 rings (SSSR count). The number of hydrogen-bond donors (Lipinski definition) is 0. The predicted octanol–water partition coefficient (Wildman–Crippen LogP) is 4.70. The summed E-state index contributed by atoms with van der Waals surface area (Å²) in [6.07, 6.45) is 2.52. The molecule has 5 nitrogen and oxygen atoms in total. The molecule has 1 aliphatic heterocycles. The lowest BCUT2D eigenvalue weighted by atomic mass is 10.0. The molecule has 1 fully saturated rings. The average molecular weight is 465 g/mol. The minimum absolute atomic E-state index is 0.0126. The first-order valence-electron chi connectivity index (χ1n) is 11.2. The van der Waals surface area contributed by atoms with Crippen LogP contribution in [-0.2, 0) is 11.2 Å². The Morgan fingerprint density at radius 2 is 1.91 bits per heavy atom. The molecule has 0 saturated heterocycles. The number of thiophene rings is 1. The second-order valence-electron chi connectivity index (χ2n) is 8.45. The number of benzene rings is 2. The lowest BCUT2D eigenvalue weighted by molar-refractivity contribution is -0.135. The molecule has 2 aromatic carbocycles. The fourth-order valence-corrected chi connectivity index (χ4v) is 5.27. The van der Waals surface area contributed by atoms with Crippen LogP contribution in [0.1, 0.15) is 39.7 Å². The maximum atomic E-state index is 13.7. The maximum absolute atomic E-state index is 13.7. The van der Waals surface area contributed by atoms with E-state index in [2.05, 4.69) is 11.4 Å². The van der Waals surface area contributed by atoms with Crippen LogP contribution in [0.25, 0.3) is 0 Å². The van der Waals surface area contributed by atoms with E-state index in [1.54, 1.807) is 22.3 Å². The fraction of sp³-hybridized carbons (Fsp3) is 0.308. The Morgan fingerprint density at radius 3 is 2.67 bits per heavy atom. The molecular formula is C26H25FN2O3S. The number of halogens is 1. The van der Waals surface area contributed by atoms with Gasteiger partial charge in [-0.05, 0) is 66.6 Å². The van der Waals surface area contributed by atoms with Crippen molar-refractivity contribution >= 4 is 23.2 Å². The second-order valence-corrected chi connectivity index (χ2v) is 9.45. The molecule has 1 saturated carbocycles. The molecule has 0 N–H and O–H groups in total. The van der Waals surface area contributed by atoms with Crippen molar-refractivity contribution in [3.05, 3.63) is 87.9 Å². The summed E-state index contributed by atoms with van der Waals surface area (Å²) in [6, 6.07) is 17.1. The Bertz CT molecular complexity index is 1150. The number of hydrogen-bond acceptors (Lipinski definition) is 4. The summed E-state index contributed by atoms with van der Waals surface area (Å²) >= 11 is 1.70. The zero-order valence-corrected chi connectivity index (χ0v) is 19.0. The topological polar surface area (TPSA) is 49.9 Å². The van der Waals surface area contributed by atoms with Crippen molar-refractivity contribution in [3.8, 4) is 5.75 Å². The van der Waals surface area contributed by atoms with Gasteiger partial charge in [-0.25, -0.2) is 4.39 Å². The third-order valence-electron chi connectivity index (χ3n) is 6.19. The molecule has 7 heteroatoms. The van der Waals surface area contributed by atoms with E-state index in [0.29, 0.717) is 13.2 Å². The number of amides is 2. The van der Waals surface area contributed by atoms with Gasteiger partial charge in [0.2, 0.25) is 5.91 Å². The van der Waals surface area contributed by atoms with Crippen molar-refractivity contribution in [3.63, 3.8) is 0 Å². The third kappa shape index (κ3) is 4.78. The van der Waals surface area contributed by atoms with Crippen molar-refractivity contribution in [2.24, 2.45) is 0 Å². The van der Waals surface area contributed by atoms with E-state index in [4.69, 9.17) is 4.74 Å². The van der Waals surface area contributed by atoms with E-state index in [1.165, 1.54) is 23.1 Å². The lowest BCUT2D eigenvalue weighted by Crippen LogP contribution is -2.48. The van der Waals surface area contributed by atoms with Crippen LogP contribution in [0.4, 0.5) is 4.39 Å². The van der Waals surface area contributed by atoms with Gasteiger partial charge in [-0.1, -0.05) is 24.3 Å². The first-order valence-corrected chi connectivity index (χ1v) is 12.1. The van der Waals surface area contributed by atoms with Crippen LogP contribution in [0.2, 0.25) is 0 Å². The Hall–Kier alpha value is -3.19. The van der Waals surface area contributed by atoms with Gasteiger partial charge in [-0.3, -0.25) is 9.59 Å². The first kappa shape index (κ1) is 21.6. The van der Waals surface area contributed by atoms with Crippen LogP contribution in [0.3, 0.4) is 0 Å². The van der Waals surface area contributed by atoms with Crippen molar-refractivity contribution in [1.82, 2.24) is 9.80 Å². The smallest absolute Gasteiger partial charge is 0.254 e. The number of fused-ring (bicyclic) bond motifs is 1. The average Bonchev–Trinajstić information content (AvgIpc) is 3.56. The number of carbonyl (C=O) groups excluding carboxylic acids is 2. The molecule has 1 atom stereocenters. The highest BCUT2D eigenvalue weighted by molar-refractivity contribution is 7.10. The minimum atomic E-state index is -0.456. The van der Waals surface area contributed by atoms with E-state index in [9.17, 15) is 14.0 Å². The largest absolute Gasteiger partial charge is 0.491 e. The molecule has 0 radical (unpaired) electrons. The van der Waals surface area contributed by atoms with Crippen LogP contribution < -0.4 is 4.74 Å². The zero-order valence-electron chi connectivity index (χ0n) is 18.2. The van der Waals surface area contributed by atoms with Crippen LogP contribution in [0, 0.1) is 5.82 Å². The van der Waals surface area contributed by atoms with Gasteiger partial charge in [0.15, 0.2) is 0 Å². The summed E-state index contributed by atoms with van der Waals surface area (Å²) in [7, 11) is 0. The molecule has 170 valence electrons. The Balaban J connectivity index is 1.34. The number of carbonyl (C=O) groups is 2. The quantitative estimate of drug-likeness (QED) is 0.510. The molecule has 2 amide bonds. The summed E-state index contributed by atoms with van der Waals surface area (Å²) in [6.45, 7) is 0.921. The van der Waals surface area contributed by atoms with Gasteiger partial charge in [-0.15, -0.1) is 11.3 Å². The fourth-order valence-electron chi connectivity index (χ4n) is 4.34. The van der Waals surface area contributed by atoms with Crippen molar-refractivity contribution in [1.29, 1.82) is 0 Å². The molecule has 1 aliphatic carbocycles. The van der Waals surface area contributed by atoms with E-state index in [0.717, 1.165) is 30.6 Å². The minimum Gasteiger partial charge on any atom is -0.491 e. The van der Waals surface area contributed by atoms with Gasteiger partial charge >= 0.3 is 0 Å². The second kappa shape index (κ2) is 9.35.